The Labute approximate surface area is 199 Å². The Hall–Kier alpha value is -2.74. The highest BCUT2D eigenvalue weighted by Crippen LogP contribution is 2.50. The second kappa shape index (κ2) is 8.18. The second-order valence-corrected chi connectivity index (χ2v) is 10.7. The Kier molecular flexibility index (Phi) is 5.24. The molecular formula is C26H31N3O5. The van der Waals surface area contributed by atoms with Crippen molar-refractivity contribution in [2.75, 3.05) is 19.7 Å². The van der Waals surface area contributed by atoms with Crippen LogP contribution in [0.15, 0.2) is 12.1 Å². The van der Waals surface area contributed by atoms with Gasteiger partial charge in [0, 0.05) is 40.5 Å². The van der Waals surface area contributed by atoms with Crippen LogP contribution < -0.4 is 10.1 Å². The van der Waals surface area contributed by atoms with Crippen LogP contribution in [0.5, 0.6) is 5.75 Å². The summed E-state index contributed by atoms with van der Waals surface area (Å²) in [6.07, 6.45) is 8.01. The summed E-state index contributed by atoms with van der Waals surface area (Å²) in [4.78, 5) is 52.3. The first-order valence-electron chi connectivity index (χ1n) is 12.6. The number of fused-ring (bicyclic) bond motifs is 4. The summed E-state index contributed by atoms with van der Waals surface area (Å²) in [6.45, 7) is 3.04. The molecule has 6 rings (SSSR count). The zero-order valence-corrected chi connectivity index (χ0v) is 19.4. The number of carbonyl (C=O) groups is 4. The monoisotopic (exact) mass is 465 g/mol. The molecule has 34 heavy (non-hydrogen) atoms. The van der Waals surface area contributed by atoms with E-state index >= 15 is 0 Å². The third kappa shape index (κ3) is 3.37. The van der Waals surface area contributed by atoms with Crippen molar-refractivity contribution >= 4 is 24.0 Å². The lowest BCUT2D eigenvalue weighted by Gasteiger charge is -2.43. The van der Waals surface area contributed by atoms with Crippen molar-refractivity contribution in [1.82, 2.24) is 15.1 Å². The van der Waals surface area contributed by atoms with Crippen molar-refractivity contribution in [3.63, 3.8) is 0 Å². The summed E-state index contributed by atoms with van der Waals surface area (Å²) in [7, 11) is 0. The fourth-order valence-electron chi connectivity index (χ4n) is 6.82. The highest BCUT2D eigenvalue weighted by molar-refractivity contribution is 6.05. The van der Waals surface area contributed by atoms with Gasteiger partial charge in [0.2, 0.25) is 11.8 Å². The van der Waals surface area contributed by atoms with Crippen molar-refractivity contribution < 1.29 is 23.9 Å². The number of amides is 3. The van der Waals surface area contributed by atoms with Crippen LogP contribution in [-0.2, 0) is 26.3 Å². The molecule has 1 aromatic rings. The van der Waals surface area contributed by atoms with E-state index in [1.54, 1.807) is 4.90 Å². The molecule has 180 valence electrons. The number of nitrogens with zero attached hydrogens (tertiary/aromatic N) is 2. The average Bonchev–Trinajstić information content (AvgIpc) is 3.38. The first kappa shape index (κ1) is 21.8. The summed E-state index contributed by atoms with van der Waals surface area (Å²) in [6, 6.07) is 3.94. The Bertz CT molecular complexity index is 1050. The van der Waals surface area contributed by atoms with Gasteiger partial charge in [0.15, 0.2) is 0 Å². The first-order chi connectivity index (χ1) is 16.5. The molecule has 1 aromatic carbocycles. The largest absolute Gasteiger partial charge is 0.492 e. The molecule has 0 unspecified atom stereocenters. The van der Waals surface area contributed by atoms with Gasteiger partial charge in [0.1, 0.15) is 18.1 Å². The van der Waals surface area contributed by atoms with E-state index in [4.69, 9.17) is 4.74 Å². The Morgan fingerprint density at radius 1 is 1.03 bits per heavy atom. The van der Waals surface area contributed by atoms with Gasteiger partial charge in [0.25, 0.3) is 5.91 Å². The number of imide groups is 1. The van der Waals surface area contributed by atoms with Crippen LogP contribution in [0.2, 0.25) is 0 Å². The SMILES string of the molecule is O=CC1CCC(N2CCC3(CC2)COc2c3ccc3c2CN([C@H]2CCC(=O)NC2=O)C3=O)CC1. The summed E-state index contributed by atoms with van der Waals surface area (Å²) in [5, 5.41) is 2.36. The fourth-order valence-corrected chi connectivity index (χ4v) is 6.82. The Morgan fingerprint density at radius 2 is 1.79 bits per heavy atom. The molecule has 2 saturated heterocycles. The number of benzene rings is 1. The van der Waals surface area contributed by atoms with Gasteiger partial charge in [-0.3, -0.25) is 19.7 Å². The van der Waals surface area contributed by atoms with E-state index in [0.717, 1.165) is 69.2 Å². The van der Waals surface area contributed by atoms with Crippen molar-refractivity contribution in [2.24, 2.45) is 5.92 Å². The summed E-state index contributed by atoms with van der Waals surface area (Å²) in [5.41, 5.74) is 2.68. The molecule has 3 fully saturated rings. The summed E-state index contributed by atoms with van der Waals surface area (Å²) in [5.74, 6) is 0.255. The van der Waals surface area contributed by atoms with Gasteiger partial charge >= 0.3 is 0 Å². The summed E-state index contributed by atoms with van der Waals surface area (Å²) >= 11 is 0. The Balaban J connectivity index is 1.18. The van der Waals surface area contributed by atoms with E-state index < -0.39 is 6.04 Å². The maximum absolute atomic E-state index is 13.1. The third-order valence-electron chi connectivity index (χ3n) is 8.94. The number of likely N-dealkylation sites (tertiary alicyclic amines) is 1. The standard InChI is InChI=1S/C26H31N3O5/c30-14-16-1-3-17(4-2-16)28-11-9-26(10-12-28)15-34-23-19-13-29(21-7-8-22(31)27-24(21)32)25(33)18(19)5-6-20(23)26/h5-6,14,16-17,21H,1-4,7-13,15H2,(H,27,31,32)/t16?,17?,21-/m0/s1. The van der Waals surface area contributed by atoms with Crippen LogP contribution >= 0.6 is 0 Å². The molecule has 1 saturated carbocycles. The van der Waals surface area contributed by atoms with Gasteiger partial charge in [-0.2, -0.15) is 0 Å². The van der Waals surface area contributed by atoms with Crippen LogP contribution in [0.4, 0.5) is 0 Å². The highest BCUT2D eigenvalue weighted by Gasteiger charge is 2.48. The molecule has 8 heteroatoms. The molecule has 0 radical (unpaired) electrons. The van der Waals surface area contributed by atoms with Gasteiger partial charge in [-0.25, -0.2) is 0 Å². The predicted octanol–water partition coefficient (Wildman–Crippen LogP) is 1.93. The normalized spacial score (nSPS) is 30.6. The van der Waals surface area contributed by atoms with Gasteiger partial charge in [0.05, 0.1) is 13.2 Å². The molecule has 4 heterocycles. The minimum absolute atomic E-state index is 0.0219. The van der Waals surface area contributed by atoms with E-state index in [1.807, 2.05) is 6.07 Å². The lowest BCUT2D eigenvalue weighted by molar-refractivity contribution is -0.137. The number of hydrogen-bond donors (Lipinski definition) is 1. The number of aldehydes is 1. The number of rotatable bonds is 3. The molecule has 8 nitrogen and oxygen atoms in total. The van der Waals surface area contributed by atoms with Crippen LogP contribution in [-0.4, -0.2) is 65.6 Å². The van der Waals surface area contributed by atoms with Crippen molar-refractivity contribution in [1.29, 1.82) is 0 Å². The average molecular weight is 466 g/mol. The van der Waals surface area contributed by atoms with Gasteiger partial charge in [-0.05, 0) is 64.1 Å². The minimum Gasteiger partial charge on any atom is -0.492 e. The van der Waals surface area contributed by atoms with Crippen molar-refractivity contribution in [2.45, 2.75) is 75.4 Å². The molecule has 1 aliphatic carbocycles. The van der Waals surface area contributed by atoms with E-state index in [9.17, 15) is 19.2 Å². The molecular weight excluding hydrogens is 434 g/mol. The number of nitrogens with one attached hydrogen (secondary N) is 1. The highest BCUT2D eigenvalue weighted by atomic mass is 16.5. The minimum atomic E-state index is -0.610. The Morgan fingerprint density at radius 3 is 2.50 bits per heavy atom. The predicted molar refractivity (Wildman–Crippen MR) is 122 cm³/mol. The number of piperidine rings is 2. The first-order valence-corrected chi connectivity index (χ1v) is 12.6. The lowest BCUT2D eigenvalue weighted by Crippen LogP contribution is -2.52. The molecule has 4 aliphatic heterocycles. The molecule has 1 atom stereocenters. The van der Waals surface area contributed by atoms with Crippen LogP contribution in [0, 0.1) is 5.92 Å². The van der Waals surface area contributed by atoms with Gasteiger partial charge in [-0.1, -0.05) is 6.07 Å². The maximum Gasteiger partial charge on any atom is 0.255 e. The van der Waals surface area contributed by atoms with Gasteiger partial charge < -0.3 is 19.3 Å². The fraction of sp³-hybridized carbons (Fsp3) is 0.615. The van der Waals surface area contributed by atoms with Gasteiger partial charge in [-0.15, -0.1) is 0 Å². The zero-order valence-electron chi connectivity index (χ0n) is 19.4. The number of ether oxygens (including phenoxy) is 1. The topological polar surface area (TPSA) is 96.0 Å². The van der Waals surface area contributed by atoms with E-state index in [2.05, 4.69) is 16.3 Å². The van der Waals surface area contributed by atoms with Crippen LogP contribution in [0.3, 0.4) is 0 Å². The maximum atomic E-state index is 13.1. The molecule has 5 aliphatic rings. The molecule has 0 aromatic heterocycles. The van der Waals surface area contributed by atoms with Crippen LogP contribution in [0.1, 0.15) is 72.9 Å². The molecule has 1 spiro atoms. The zero-order chi connectivity index (χ0) is 23.4. The lowest BCUT2D eigenvalue weighted by atomic mass is 9.73. The van der Waals surface area contributed by atoms with E-state index in [1.165, 1.54) is 5.56 Å². The van der Waals surface area contributed by atoms with E-state index in [-0.39, 0.29) is 35.5 Å². The molecule has 3 amide bonds. The number of carbonyl (C=O) groups excluding carboxylic acids is 4. The van der Waals surface area contributed by atoms with E-state index in [0.29, 0.717) is 31.2 Å². The molecule has 0 bridgehead atoms. The number of hydrogen-bond acceptors (Lipinski definition) is 6. The summed E-state index contributed by atoms with van der Waals surface area (Å²) < 4.78 is 6.28. The van der Waals surface area contributed by atoms with Crippen LogP contribution in [0.25, 0.3) is 0 Å². The quantitative estimate of drug-likeness (QED) is 0.541. The van der Waals surface area contributed by atoms with Crippen molar-refractivity contribution in [3.05, 3.63) is 28.8 Å². The van der Waals surface area contributed by atoms with Crippen molar-refractivity contribution in [3.8, 4) is 5.75 Å². The molecule has 1 N–H and O–H groups in total. The smallest absolute Gasteiger partial charge is 0.255 e. The second-order valence-electron chi connectivity index (χ2n) is 10.7. The third-order valence-corrected chi connectivity index (χ3v) is 8.94.